The van der Waals surface area contributed by atoms with Gasteiger partial charge in [-0.2, -0.15) is 8.42 Å². The Balaban J connectivity index is 1.42. The molecule has 0 saturated carbocycles. The first-order chi connectivity index (χ1) is 11.6. The summed E-state index contributed by atoms with van der Waals surface area (Å²) < 4.78 is 50.0. The summed E-state index contributed by atoms with van der Waals surface area (Å²) in [6, 6.07) is 0. The standard InChI is InChI=1S/C15H20O9S/c1-8(2)14(17)22-7-11(16)20-4-5-21-12-9-6-10-15(3,23-9)13(12)24-25(10,18)19/h9-10,12-13H,1,4-7H2,2-3H3. The molecule has 0 aromatic carbocycles. The highest BCUT2D eigenvalue weighted by Gasteiger charge is 2.73. The van der Waals surface area contributed by atoms with E-state index in [4.69, 9.17) is 18.4 Å². The van der Waals surface area contributed by atoms with Crippen molar-refractivity contribution in [2.24, 2.45) is 0 Å². The van der Waals surface area contributed by atoms with Gasteiger partial charge in [-0.3, -0.25) is 4.18 Å². The molecule has 5 unspecified atom stereocenters. The minimum atomic E-state index is -3.64. The number of carbonyl (C=O) groups excluding carboxylic acids is 2. The van der Waals surface area contributed by atoms with Crippen LogP contribution in [0.5, 0.6) is 0 Å². The Hall–Kier alpha value is -1.49. The Morgan fingerprint density at radius 1 is 1.28 bits per heavy atom. The van der Waals surface area contributed by atoms with Crippen LogP contribution in [0.1, 0.15) is 20.3 Å². The maximum Gasteiger partial charge on any atom is 0.344 e. The first-order valence-electron chi connectivity index (χ1n) is 7.85. The summed E-state index contributed by atoms with van der Waals surface area (Å²) in [5.74, 6) is -1.39. The summed E-state index contributed by atoms with van der Waals surface area (Å²) in [5.41, 5.74) is -0.701. The van der Waals surface area contributed by atoms with E-state index in [1.165, 1.54) is 6.92 Å². The van der Waals surface area contributed by atoms with Gasteiger partial charge in [-0.1, -0.05) is 6.58 Å². The number of rotatable bonds is 7. The zero-order chi connectivity index (χ0) is 18.4. The lowest BCUT2D eigenvalue weighted by molar-refractivity contribution is -0.158. The number of ether oxygens (including phenoxy) is 4. The monoisotopic (exact) mass is 376 g/mol. The fourth-order valence-corrected chi connectivity index (χ4v) is 5.37. The minimum absolute atomic E-state index is 0.0470. The Morgan fingerprint density at radius 2 is 2.00 bits per heavy atom. The average molecular weight is 376 g/mol. The fraction of sp³-hybridized carbons (Fsp3) is 0.733. The van der Waals surface area contributed by atoms with Crippen molar-refractivity contribution in [3.8, 4) is 0 Å². The summed E-state index contributed by atoms with van der Waals surface area (Å²) in [4.78, 5) is 22.6. The Morgan fingerprint density at radius 3 is 2.68 bits per heavy atom. The van der Waals surface area contributed by atoms with Crippen molar-refractivity contribution in [1.29, 1.82) is 0 Å². The summed E-state index contributed by atoms with van der Waals surface area (Å²) >= 11 is 0. The van der Waals surface area contributed by atoms with Crippen LogP contribution in [-0.4, -0.2) is 69.3 Å². The molecule has 0 N–H and O–H groups in total. The van der Waals surface area contributed by atoms with Crippen molar-refractivity contribution in [2.75, 3.05) is 19.8 Å². The van der Waals surface area contributed by atoms with Crippen LogP contribution >= 0.6 is 0 Å². The second-order valence-corrected chi connectivity index (χ2v) is 8.23. The fourth-order valence-electron chi connectivity index (χ4n) is 3.46. The largest absolute Gasteiger partial charge is 0.461 e. The van der Waals surface area contributed by atoms with Crippen LogP contribution in [0.15, 0.2) is 12.2 Å². The number of hydrogen-bond acceptors (Lipinski definition) is 9. The summed E-state index contributed by atoms with van der Waals surface area (Å²) in [5, 5.41) is -0.657. The molecule has 0 amide bonds. The van der Waals surface area contributed by atoms with Crippen LogP contribution in [0.2, 0.25) is 0 Å². The summed E-state index contributed by atoms with van der Waals surface area (Å²) in [6.07, 6.45) is -1.24. The van der Waals surface area contributed by atoms with Crippen molar-refractivity contribution in [2.45, 2.75) is 49.4 Å². The zero-order valence-corrected chi connectivity index (χ0v) is 14.7. The van der Waals surface area contributed by atoms with Gasteiger partial charge in [0.1, 0.15) is 29.7 Å². The van der Waals surface area contributed by atoms with Crippen LogP contribution in [0.25, 0.3) is 0 Å². The van der Waals surface area contributed by atoms with Gasteiger partial charge in [0.15, 0.2) is 6.61 Å². The molecule has 3 aliphatic rings. The van der Waals surface area contributed by atoms with Gasteiger partial charge in [0.05, 0.1) is 12.7 Å². The van der Waals surface area contributed by atoms with Gasteiger partial charge in [-0.05, 0) is 20.3 Å². The van der Waals surface area contributed by atoms with Crippen LogP contribution in [0.3, 0.4) is 0 Å². The summed E-state index contributed by atoms with van der Waals surface area (Å²) in [6.45, 7) is 6.05. The van der Waals surface area contributed by atoms with Crippen LogP contribution in [0.4, 0.5) is 0 Å². The normalized spacial score (nSPS) is 37.0. The van der Waals surface area contributed by atoms with E-state index in [1.807, 2.05) is 0 Å². The van der Waals surface area contributed by atoms with E-state index in [0.29, 0.717) is 6.42 Å². The van der Waals surface area contributed by atoms with E-state index in [1.54, 1.807) is 6.92 Å². The molecule has 3 aliphatic heterocycles. The lowest BCUT2D eigenvalue weighted by atomic mass is 9.85. The molecule has 10 heteroatoms. The van der Waals surface area contributed by atoms with Crippen molar-refractivity contribution in [3.05, 3.63) is 12.2 Å². The zero-order valence-electron chi connectivity index (χ0n) is 13.9. The van der Waals surface area contributed by atoms with E-state index in [-0.39, 0.29) is 24.9 Å². The molecule has 3 fully saturated rings. The third kappa shape index (κ3) is 3.19. The number of carbonyl (C=O) groups is 2. The topological polar surface area (TPSA) is 114 Å². The molecular weight excluding hydrogens is 356 g/mol. The molecule has 0 radical (unpaired) electrons. The highest BCUT2D eigenvalue weighted by molar-refractivity contribution is 7.87. The van der Waals surface area contributed by atoms with Gasteiger partial charge in [0.25, 0.3) is 10.1 Å². The number of hydrogen-bond donors (Lipinski definition) is 0. The molecular formula is C15H20O9S. The lowest BCUT2D eigenvalue weighted by Gasteiger charge is -2.26. The first kappa shape index (κ1) is 18.3. The molecule has 140 valence electrons. The smallest absolute Gasteiger partial charge is 0.344 e. The maximum atomic E-state index is 12.0. The van der Waals surface area contributed by atoms with Gasteiger partial charge in [-0.15, -0.1) is 0 Å². The molecule has 3 saturated heterocycles. The van der Waals surface area contributed by atoms with E-state index in [0.717, 1.165) is 0 Å². The van der Waals surface area contributed by atoms with Crippen molar-refractivity contribution in [1.82, 2.24) is 0 Å². The Kier molecular flexibility index (Phi) is 4.65. The predicted octanol–water partition coefficient (Wildman–Crippen LogP) is -0.307. The van der Waals surface area contributed by atoms with Gasteiger partial charge in [0.2, 0.25) is 0 Å². The first-order valence-corrected chi connectivity index (χ1v) is 9.32. The van der Waals surface area contributed by atoms with Crippen molar-refractivity contribution < 1.29 is 41.1 Å². The predicted molar refractivity (Wildman–Crippen MR) is 81.9 cm³/mol. The minimum Gasteiger partial charge on any atom is -0.461 e. The van der Waals surface area contributed by atoms with Gasteiger partial charge in [-0.25, -0.2) is 9.59 Å². The van der Waals surface area contributed by atoms with E-state index < -0.39 is 51.7 Å². The molecule has 0 aliphatic carbocycles. The van der Waals surface area contributed by atoms with Crippen molar-refractivity contribution in [3.63, 3.8) is 0 Å². The molecule has 3 heterocycles. The van der Waals surface area contributed by atoms with Crippen LogP contribution < -0.4 is 0 Å². The van der Waals surface area contributed by atoms with E-state index in [2.05, 4.69) is 11.3 Å². The van der Waals surface area contributed by atoms with Gasteiger partial charge >= 0.3 is 11.9 Å². The average Bonchev–Trinajstić information content (AvgIpc) is 3.03. The number of fused-ring (bicyclic) bond motifs is 1. The molecule has 0 aromatic heterocycles. The Bertz CT molecular complexity index is 700. The van der Waals surface area contributed by atoms with Crippen LogP contribution in [0, 0.1) is 0 Å². The molecule has 3 rings (SSSR count). The highest BCUT2D eigenvalue weighted by Crippen LogP contribution is 2.54. The summed E-state index contributed by atoms with van der Waals surface area (Å²) in [7, 11) is -3.64. The van der Waals surface area contributed by atoms with Crippen LogP contribution in [-0.2, 0) is 42.8 Å². The molecule has 5 atom stereocenters. The number of esters is 2. The third-order valence-corrected chi connectivity index (χ3v) is 6.47. The van der Waals surface area contributed by atoms with E-state index >= 15 is 0 Å². The van der Waals surface area contributed by atoms with Gasteiger partial charge < -0.3 is 18.9 Å². The quantitative estimate of drug-likeness (QED) is 0.255. The highest BCUT2D eigenvalue weighted by atomic mass is 32.2. The molecule has 0 spiro atoms. The molecule has 2 bridgehead atoms. The lowest BCUT2D eigenvalue weighted by Crippen LogP contribution is -2.47. The molecule has 9 nitrogen and oxygen atoms in total. The van der Waals surface area contributed by atoms with Crippen molar-refractivity contribution >= 4 is 22.1 Å². The van der Waals surface area contributed by atoms with E-state index in [9.17, 15) is 18.0 Å². The second-order valence-electron chi connectivity index (χ2n) is 6.49. The molecule has 0 aromatic rings. The Labute approximate surface area is 145 Å². The van der Waals surface area contributed by atoms with Gasteiger partial charge in [0, 0.05) is 5.57 Å². The molecule has 25 heavy (non-hydrogen) atoms. The second kappa shape index (κ2) is 6.35. The maximum absolute atomic E-state index is 12.0. The SMILES string of the molecule is C=C(C)C(=O)OCC(=O)OCCOC1C2CC3C(C)(O2)C1OS3(=O)=O. The third-order valence-electron chi connectivity index (χ3n) is 4.63.